The molecule has 0 saturated heterocycles. The number of aliphatic hydroxyl groups is 2. The maximum absolute atomic E-state index is 9.87. The second kappa shape index (κ2) is 10.6. The molecule has 0 fully saturated rings. The number of hydrogen-bond donors (Lipinski definition) is 4. The molecule has 0 aromatic heterocycles. The molecule has 0 saturated carbocycles. The summed E-state index contributed by atoms with van der Waals surface area (Å²) in [5.74, 6) is 0. The standard InChI is InChI=1S/C16H37BN2O4/c1-12(20)8-15(3,4)23-13(2)9-16(5,17)22-11-14(21)10-19-7-6-18/h12-14,19-21H,6-11,17-18H2,1-5H3. The van der Waals surface area contributed by atoms with E-state index in [1.165, 1.54) is 0 Å². The van der Waals surface area contributed by atoms with Crippen molar-refractivity contribution in [2.75, 3.05) is 26.2 Å². The van der Waals surface area contributed by atoms with Gasteiger partial charge in [-0.3, -0.25) is 0 Å². The van der Waals surface area contributed by atoms with Crippen molar-refractivity contribution < 1.29 is 19.7 Å². The van der Waals surface area contributed by atoms with E-state index < -0.39 is 17.7 Å². The van der Waals surface area contributed by atoms with Gasteiger partial charge >= 0.3 is 0 Å². The Hall–Kier alpha value is -0.175. The zero-order valence-corrected chi connectivity index (χ0v) is 15.8. The minimum atomic E-state index is -0.552. The Kier molecular flexibility index (Phi) is 10.6. The number of ether oxygens (including phenoxy) is 2. The van der Waals surface area contributed by atoms with E-state index in [0.717, 1.165) is 0 Å². The van der Waals surface area contributed by atoms with E-state index in [9.17, 15) is 10.2 Å². The van der Waals surface area contributed by atoms with Crippen LogP contribution in [0.3, 0.4) is 0 Å². The van der Waals surface area contributed by atoms with E-state index in [1.807, 2.05) is 35.5 Å². The average molecular weight is 332 g/mol. The monoisotopic (exact) mass is 332 g/mol. The lowest BCUT2D eigenvalue weighted by atomic mass is 9.78. The van der Waals surface area contributed by atoms with Gasteiger partial charge in [0.1, 0.15) is 7.85 Å². The van der Waals surface area contributed by atoms with Gasteiger partial charge in [0.15, 0.2) is 0 Å². The van der Waals surface area contributed by atoms with E-state index in [4.69, 9.17) is 15.2 Å². The van der Waals surface area contributed by atoms with Crippen molar-refractivity contribution in [3.05, 3.63) is 0 Å². The highest BCUT2D eigenvalue weighted by Crippen LogP contribution is 2.23. The quantitative estimate of drug-likeness (QED) is 0.271. The highest BCUT2D eigenvalue weighted by molar-refractivity contribution is 6.14. The van der Waals surface area contributed by atoms with Gasteiger partial charge in [-0.2, -0.15) is 0 Å². The summed E-state index contributed by atoms with van der Waals surface area (Å²) < 4.78 is 11.9. The van der Waals surface area contributed by atoms with E-state index in [2.05, 4.69) is 5.32 Å². The molecule has 0 aromatic carbocycles. The van der Waals surface area contributed by atoms with Gasteiger partial charge in [0.2, 0.25) is 0 Å². The Bertz CT molecular complexity index is 314. The van der Waals surface area contributed by atoms with Crippen LogP contribution in [0.15, 0.2) is 0 Å². The smallest absolute Gasteiger partial charge is 0.143 e. The molecule has 138 valence electrons. The molecule has 0 aliphatic rings. The molecule has 0 bridgehead atoms. The summed E-state index contributed by atoms with van der Waals surface area (Å²) in [5, 5.41) is 22.5. The highest BCUT2D eigenvalue weighted by Gasteiger charge is 2.28. The predicted octanol–water partition coefficient (Wildman–Crippen LogP) is -0.394. The third-order valence-electron chi connectivity index (χ3n) is 3.45. The van der Waals surface area contributed by atoms with Crippen LogP contribution in [0.1, 0.15) is 47.5 Å². The van der Waals surface area contributed by atoms with E-state index in [0.29, 0.717) is 32.5 Å². The van der Waals surface area contributed by atoms with Crippen LogP contribution in [0.25, 0.3) is 0 Å². The fourth-order valence-electron chi connectivity index (χ4n) is 2.85. The van der Waals surface area contributed by atoms with Crippen molar-refractivity contribution in [2.24, 2.45) is 5.73 Å². The molecule has 0 spiro atoms. The minimum absolute atomic E-state index is 0.00809. The molecule has 0 aliphatic carbocycles. The molecule has 4 unspecified atom stereocenters. The fourth-order valence-corrected chi connectivity index (χ4v) is 2.85. The summed E-state index contributed by atoms with van der Waals surface area (Å²) in [7, 11) is 1.99. The lowest BCUT2D eigenvalue weighted by Gasteiger charge is -2.35. The molecule has 0 rings (SSSR count). The van der Waals surface area contributed by atoms with Gasteiger partial charge in [0.25, 0.3) is 0 Å². The maximum Gasteiger partial charge on any atom is 0.143 e. The van der Waals surface area contributed by atoms with Crippen LogP contribution >= 0.6 is 0 Å². The van der Waals surface area contributed by atoms with Crippen molar-refractivity contribution in [1.29, 1.82) is 0 Å². The summed E-state index contributed by atoms with van der Waals surface area (Å²) in [5.41, 5.74) is 4.61. The van der Waals surface area contributed by atoms with Crippen molar-refractivity contribution in [3.63, 3.8) is 0 Å². The van der Waals surface area contributed by atoms with Gasteiger partial charge in [-0.25, -0.2) is 0 Å². The molecule has 23 heavy (non-hydrogen) atoms. The normalized spacial score (nSPS) is 19.1. The number of nitrogens with one attached hydrogen (secondary N) is 1. The van der Waals surface area contributed by atoms with Crippen molar-refractivity contribution >= 4 is 7.85 Å². The number of nitrogens with two attached hydrogens (primary N) is 1. The Morgan fingerprint density at radius 2 is 1.78 bits per heavy atom. The lowest BCUT2D eigenvalue weighted by molar-refractivity contribution is -0.111. The minimum Gasteiger partial charge on any atom is -0.393 e. The molecule has 0 radical (unpaired) electrons. The first-order valence-electron chi connectivity index (χ1n) is 8.56. The largest absolute Gasteiger partial charge is 0.393 e. The van der Waals surface area contributed by atoms with Gasteiger partial charge < -0.3 is 30.7 Å². The van der Waals surface area contributed by atoms with Crippen molar-refractivity contribution in [3.8, 4) is 0 Å². The Morgan fingerprint density at radius 3 is 2.30 bits per heavy atom. The van der Waals surface area contributed by atoms with E-state index >= 15 is 0 Å². The maximum atomic E-state index is 9.87. The zero-order chi connectivity index (χ0) is 18.1. The molecule has 0 amide bonds. The molecule has 0 aliphatic heterocycles. The molecule has 0 heterocycles. The van der Waals surface area contributed by atoms with Crippen LogP contribution < -0.4 is 11.1 Å². The zero-order valence-electron chi connectivity index (χ0n) is 15.8. The van der Waals surface area contributed by atoms with Crippen LogP contribution in [-0.4, -0.2) is 73.7 Å². The summed E-state index contributed by atoms with van der Waals surface area (Å²) in [6.07, 6.45) is 0.344. The van der Waals surface area contributed by atoms with Gasteiger partial charge in [0, 0.05) is 31.6 Å². The second-order valence-corrected chi connectivity index (χ2v) is 7.66. The van der Waals surface area contributed by atoms with Crippen LogP contribution in [0.2, 0.25) is 0 Å². The summed E-state index contributed by atoms with van der Waals surface area (Å²) in [6, 6.07) is 0. The second-order valence-electron chi connectivity index (χ2n) is 7.66. The Labute approximate surface area is 142 Å². The van der Waals surface area contributed by atoms with Gasteiger partial charge in [-0.15, -0.1) is 0 Å². The van der Waals surface area contributed by atoms with Gasteiger partial charge in [0.05, 0.1) is 30.5 Å². The fraction of sp³-hybridized carbons (Fsp3) is 1.00. The highest BCUT2D eigenvalue weighted by atomic mass is 16.5. The Balaban J connectivity index is 4.18. The summed E-state index contributed by atoms with van der Waals surface area (Å²) >= 11 is 0. The van der Waals surface area contributed by atoms with Crippen molar-refractivity contribution in [2.45, 2.75) is 76.9 Å². The number of hydrogen-bond acceptors (Lipinski definition) is 6. The lowest BCUT2D eigenvalue weighted by Crippen LogP contribution is -2.41. The SMILES string of the molecule is BC(C)(CC(C)OC(C)(C)CC(C)O)OCC(O)CNCCN. The Morgan fingerprint density at radius 1 is 1.17 bits per heavy atom. The molecular formula is C16H37BN2O4. The average Bonchev–Trinajstić information content (AvgIpc) is 2.33. The van der Waals surface area contributed by atoms with Crippen LogP contribution in [0.4, 0.5) is 0 Å². The van der Waals surface area contributed by atoms with E-state index in [-0.39, 0.29) is 18.3 Å². The first kappa shape index (κ1) is 22.8. The summed E-state index contributed by atoms with van der Waals surface area (Å²) in [4.78, 5) is 0. The number of aliphatic hydroxyl groups excluding tert-OH is 2. The molecule has 7 heteroatoms. The molecule has 5 N–H and O–H groups in total. The molecule has 6 nitrogen and oxygen atoms in total. The predicted molar refractivity (Wildman–Crippen MR) is 96.4 cm³/mol. The third-order valence-corrected chi connectivity index (χ3v) is 3.45. The first-order chi connectivity index (χ1) is 10.5. The van der Waals surface area contributed by atoms with Crippen molar-refractivity contribution in [1.82, 2.24) is 5.32 Å². The van der Waals surface area contributed by atoms with Crippen LogP contribution in [-0.2, 0) is 9.47 Å². The number of rotatable bonds is 13. The topological polar surface area (TPSA) is 97.0 Å². The molecule has 4 atom stereocenters. The van der Waals surface area contributed by atoms with Gasteiger partial charge in [-0.05, 0) is 41.0 Å². The molecular weight excluding hydrogens is 295 g/mol. The molecule has 0 aromatic rings. The van der Waals surface area contributed by atoms with E-state index in [1.54, 1.807) is 6.92 Å². The third kappa shape index (κ3) is 12.9. The van der Waals surface area contributed by atoms with Crippen LogP contribution in [0, 0.1) is 0 Å². The summed E-state index contributed by atoms with van der Waals surface area (Å²) in [6.45, 7) is 11.7. The first-order valence-corrected chi connectivity index (χ1v) is 8.56. The van der Waals surface area contributed by atoms with Gasteiger partial charge in [-0.1, -0.05) is 0 Å². The van der Waals surface area contributed by atoms with Crippen LogP contribution in [0.5, 0.6) is 0 Å².